The van der Waals surface area contributed by atoms with E-state index in [0.717, 1.165) is 11.4 Å². The van der Waals surface area contributed by atoms with Gasteiger partial charge in [0.15, 0.2) is 0 Å². The normalized spacial score (nSPS) is 13.4. The standard InChI is InChI=1S/C51H33NS/c1-3-16-34(17-4-1)38-31-30-35-18-7-8-21-37(35)50(38)52(36-19-5-2-6-20-36)46-33-32-40-39-22-9-10-24-42(39)51(45-27-15-23-41(46)49(40)45)43-25-11-13-28-47(43)53-48-29-14-12-26-44(48)51/h1-33H. The quantitative estimate of drug-likeness (QED) is 0.181. The summed E-state index contributed by atoms with van der Waals surface area (Å²) in [6, 6.07) is 74.1. The Morgan fingerprint density at radius 2 is 0.962 bits per heavy atom. The highest BCUT2D eigenvalue weighted by Gasteiger charge is 2.48. The highest BCUT2D eigenvalue weighted by atomic mass is 32.2. The van der Waals surface area contributed by atoms with Crippen LogP contribution in [-0.4, -0.2) is 0 Å². The number of benzene rings is 9. The van der Waals surface area contributed by atoms with E-state index in [1.807, 2.05) is 11.8 Å². The number of hydrogen-bond acceptors (Lipinski definition) is 2. The zero-order valence-electron chi connectivity index (χ0n) is 28.9. The molecule has 1 aliphatic carbocycles. The molecule has 248 valence electrons. The van der Waals surface area contributed by atoms with Gasteiger partial charge in [0.05, 0.1) is 16.8 Å². The van der Waals surface area contributed by atoms with Crippen LogP contribution < -0.4 is 4.90 Å². The van der Waals surface area contributed by atoms with Crippen molar-refractivity contribution >= 4 is 50.4 Å². The lowest BCUT2D eigenvalue weighted by molar-refractivity contribution is 0.707. The minimum Gasteiger partial charge on any atom is -0.309 e. The summed E-state index contributed by atoms with van der Waals surface area (Å²) >= 11 is 1.89. The lowest BCUT2D eigenvalue weighted by Crippen LogP contribution is -2.36. The first-order chi connectivity index (χ1) is 26.3. The third-order valence-corrected chi connectivity index (χ3v) is 12.5. The smallest absolute Gasteiger partial charge is 0.0735 e. The van der Waals surface area contributed by atoms with Crippen LogP contribution in [-0.2, 0) is 5.41 Å². The van der Waals surface area contributed by atoms with E-state index in [0.29, 0.717) is 0 Å². The first kappa shape index (κ1) is 30.3. The van der Waals surface area contributed by atoms with Crippen LogP contribution in [0.2, 0.25) is 0 Å². The Balaban J connectivity index is 1.29. The van der Waals surface area contributed by atoms with Crippen LogP contribution >= 0.6 is 11.8 Å². The topological polar surface area (TPSA) is 3.24 Å². The van der Waals surface area contributed by atoms with Crippen LogP contribution in [0.3, 0.4) is 0 Å². The molecule has 0 N–H and O–H groups in total. The van der Waals surface area contributed by atoms with Gasteiger partial charge in [-0.25, -0.2) is 0 Å². The summed E-state index contributed by atoms with van der Waals surface area (Å²) in [4.78, 5) is 5.14. The van der Waals surface area contributed by atoms with Crippen molar-refractivity contribution in [3.8, 4) is 22.3 Å². The van der Waals surface area contributed by atoms with Gasteiger partial charge in [-0.3, -0.25) is 0 Å². The summed E-state index contributed by atoms with van der Waals surface area (Å²) in [5.74, 6) is 0. The molecule has 0 saturated carbocycles. The van der Waals surface area contributed by atoms with E-state index in [9.17, 15) is 0 Å². The predicted molar refractivity (Wildman–Crippen MR) is 223 cm³/mol. The summed E-state index contributed by atoms with van der Waals surface area (Å²) in [5.41, 5.74) is 13.3. The minimum absolute atomic E-state index is 0.480. The Labute approximate surface area is 313 Å². The van der Waals surface area contributed by atoms with Gasteiger partial charge in [0, 0.05) is 31.8 Å². The lowest BCUT2D eigenvalue weighted by atomic mass is 9.59. The molecule has 0 unspecified atom stereocenters. The Bertz CT molecular complexity index is 2830. The molecule has 11 rings (SSSR count). The van der Waals surface area contributed by atoms with Crippen molar-refractivity contribution in [3.63, 3.8) is 0 Å². The Morgan fingerprint density at radius 3 is 1.74 bits per heavy atom. The van der Waals surface area contributed by atoms with Crippen molar-refractivity contribution in [1.82, 2.24) is 0 Å². The molecular weight excluding hydrogens is 659 g/mol. The van der Waals surface area contributed by atoms with Gasteiger partial charge in [-0.1, -0.05) is 182 Å². The molecule has 53 heavy (non-hydrogen) atoms. The third kappa shape index (κ3) is 4.33. The maximum atomic E-state index is 2.51. The van der Waals surface area contributed by atoms with Crippen LogP contribution in [0.15, 0.2) is 210 Å². The first-order valence-electron chi connectivity index (χ1n) is 18.3. The fourth-order valence-corrected chi connectivity index (χ4v) is 10.4. The number of para-hydroxylation sites is 1. The van der Waals surface area contributed by atoms with Crippen LogP contribution in [0.1, 0.15) is 22.3 Å². The highest BCUT2D eigenvalue weighted by molar-refractivity contribution is 7.99. The molecule has 1 heterocycles. The Hall–Kier alpha value is -6.35. The van der Waals surface area contributed by atoms with E-state index in [-0.39, 0.29) is 0 Å². The summed E-state index contributed by atoms with van der Waals surface area (Å²) in [7, 11) is 0. The Morgan fingerprint density at radius 1 is 0.377 bits per heavy atom. The molecule has 0 aromatic heterocycles. The number of fused-ring (bicyclic) bond motifs is 9. The van der Waals surface area contributed by atoms with Gasteiger partial charge in [0.2, 0.25) is 0 Å². The molecule has 2 heteroatoms. The van der Waals surface area contributed by atoms with E-state index >= 15 is 0 Å². The zero-order chi connectivity index (χ0) is 34.9. The molecule has 9 aromatic rings. The van der Waals surface area contributed by atoms with E-state index in [1.54, 1.807) is 0 Å². The highest BCUT2D eigenvalue weighted by Crippen LogP contribution is 2.62. The van der Waals surface area contributed by atoms with Gasteiger partial charge in [0.25, 0.3) is 0 Å². The van der Waals surface area contributed by atoms with Crippen molar-refractivity contribution < 1.29 is 0 Å². The monoisotopic (exact) mass is 691 g/mol. The van der Waals surface area contributed by atoms with Crippen LogP contribution in [0.5, 0.6) is 0 Å². The summed E-state index contributed by atoms with van der Waals surface area (Å²) in [6.45, 7) is 0. The molecule has 0 atom stereocenters. The second-order valence-electron chi connectivity index (χ2n) is 14.0. The number of rotatable bonds is 4. The molecule has 0 radical (unpaired) electrons. The summed E-state index contributed by atoms with van der Waals surface area (Å²) in [5, 5.41) is 4.97. The van der Waals surface area contributed by atoms with E-state index in [4.69, 9.17) is 0 Å². The second kappa shape index (κ2) is 11.8. The zero-order valence-corrected chi connectivity index (χ0v) is 29.7. The average molecular weight is 692 g/mol. The van der Waals surface area contributed by atoms with Gasteiger partial charge in [-0.15, -0.1) is 0 Å². The summed E-state index contributed by atoms with van der Waals surface area (Å²) < 4.78 is 0. The maximum absolute atomic E-state index is 2.51. The molecule has 0 amide bonds. The summed E-state index contributed by atoms with van der Waals surface area (Å²) in [6.07, 6.45) is 0. The molecule has 0 saturated heterocycles. The minimum atomic E-state index is -0.480. The van der Waals surface area contributed by atoms with Crippen molar-refractivity contribution in [2.75, 3.05) is 4.90 Å². The number of hydrogen-bond donors (Lipinski definition) is 0. The molecule has 1 nitrogen and oxygen atoms in total. The fourth-order valence-electron chi connectivity index (χ4n) is 9.20. The predicted octanol–water partition coefficient (Wildman–Crippen LogP) is 14.0. The fraction of sp³-hybridized carbons (Fsp3) is 0.0196. The maximum Gasteiger partial charge on any atom is 0.0735 e. The van der Waals surface area contributed by atoms with Crippen molar-refractivity contribution in [2.24, 2.45) is 0 Å². The van der Waals surface area contributed by atoms with Gasteiger partial charge < -0.3 is 4.90 Å². The molecule has 1 spiro atoms. The van der Waals surface area contributed by atoms with Crippen LogP contribution in [0.4, 0.5) is 17.1 Å². The van der Waals surface area contributed by atoms with E-state index in [2.05, 4.69) is 205 Å². The molecule has 0 bridgehead atoms. The molecule has 9 aromatic carbocycles. The molecule has 2 aliphatic rings. The van der Waals surface area contributed by atoms with E-state index in [1.165, 1.54) is 81.5 Å². The first-order valence-corrected chi connectivity index (χ1v) is 19.1. The largest absolute Gasteiger partial charge is 0.309 e. The molecular formula is C51H33NS. The molecule has 0 fully saturated rings. The van der Waals surface area contributed by atoms with E-state index < -0.39 is 5.41 Å². The number of anilines is 3. The number of nitrogens with zero attached hydrogens (tertiary/aromatic N) is 1. The molecule has 1 aliphatic heterocycles. The van der Waals surface area contributed by atoms with Crippen molar-refractivity contribution in [3.05, 3.63) is 222 Å². The van der Waals surface area contributed by atoms with Gasteiger partial charge >= 0.3 is 0 Å². The van der Waals surface area contributed by atoms with Gasteiger partial charge in [-0.2, -0.15) is 0 Å². The van der Waals surface area contributed by atoms with Crippen molar-refractivity contribution in [2.45, 2.75) is 15.2 Å². The van der Waals surface area contributed by atoms with Gasteiger partial charge in [0.1, 0.15) is 0 Å². The van der Waals surface area contributed by atoms with Crippen LogP contribution in [0, 0.1) is 0 Å². The van der Waals surface area contributed by atoms with Crippen molar-refractivity contribution in [1.29, 1.82) is 0 Å². The lowest BCUT2D eigenvalue weighted by Gasteiger charge is -2.46. The van der Waals surface area contributed by atoms with Gasteiger partial charge in [-0.05, 0) is 80.0 Å². The third-order valence-electron chi connectivity index (χ3n) is 11.3. The SMILES string of the molecule is c1ccc(-c2ccc3ccccc3c2N(c2ccccc2)c2ccc3c4c(cccc24)C2(c4ccccc4Sc4ccccc42)c2ccccc2-3)cc1. The Kier molecular flexibility index (Phi) is 6.77. The van der Waals surface area contributed by atoms with Crippen LogP contribution in [0.25, 0.3) is 43.8 Å². The average Bonchev–Trinajstić information content (AvgIpc) is 3.23. The second-order valence-corrected chi connectivity index (χ2v) is 15.1.